The first-order valence-corrected chi connectivity index (χ1v) is 12.8. The van der Waals surface area contributed by atoms with Crippen LogP contribution in [0.4, 0.5) is 0 Å². The molecule has 1 heterocycles. The van der Waals surface area contributed by atoms with Crippen molar-refractivity contribution in [2.24, 2.45) is 22.7 Å². The van der Waals surface area contributed by atoms with E-state index >= 15 is 0 Å². The molecule has 0 radical (unpaired) electrons. The lowest BCUT2D eigenvalue weighted by molar-refractivity contribution is -0.168. The van der Waals surface area contributed by atoms with E-state index < -0.39 is 5.41 Å². The zero-order valence-electron chi connectivity index (χ0n) is 21.6. The van der Waals surface area contributed by atoms with Crippen molar-refractivity contribution in [3.05, 3.63) is 71.7 Å². The van der Waals surface area contributed by atoms with Crippen LogP contribution in [0.15, 0.2) is 59.2 Å². The fourth-order valence-electron chi connectivity index (χ4n) is 7.08. The van der Waals surface area contributed by atoms with Crippen LogP contribution in [0.25, 0.3) is 0 Å². The largest absolute Gasteiger partial charge is 0.469 e. The van der Waals surface area contributed by atoms with Gasteiger partial charge < -0.3 is 14.1 Å². The summed E-state index contributed by atoms with van der Waals surface area (Å²) in [5, 5.41) is 0. The maximum Gasteiger partial charge on any atom is 0.311 e. The summed E-state index contributed by atoms with van der Waals surface area (Å²) in [5.74, 6) is 1.39. The minimum Gasteiger partial charge on any atom is -0.469 e. The molecule has 2 aliphatic carbocycles. The molecule has 35 heavy (non-hydrogen) atoms. The van der Waals surface area contributed by atoms with Crippen LogP contribution in [0.3, 0.4) is 0 Å². The van der Waals surface area contributed by atoms with Crippen LogP contribution in [-0.2, 0) is 22.5 Å². The summed E-state index contributed by atoms with van der Waals surface area (Å²) in [7, 11) is 3.32. The minimum absolute atomic E-state index is 0.0201. The summed E-state index contributed by atoms with van der Waals surface area (Å²) in [4.78, 5) is 27.3. The number of carbonyl (C=O) groups excluding carboxylic acids is 2. The van der Waals surface area contributed by atoms with Gasteiger partial charge in [0.1, 0.15) is 5.76 Å². The lowest BCUT2D eigenvalue weighted by atomic mass is 9.46. The van der Waals surface area contributed by atoms with Gasteiger partial charge in [0.05, 0.1) is 25.3 Å². The summed E-state index contributed by atoms with van der Waals surface area (Å²) in [6, 6.07) is 11.4. The minimum atomic E-state index is -0.429. The number of ether oxygens (including phenoxy) is 1. The fourth-order valence-corrected chi connectivity index (χ4v) is 7.08. The first-order chi connectivity index (χ1) is 16.7. The third-order valence-corrected chi connectivity index (χ3v) is 8.96. The average molecular weight is 478 g/mol. The van der Waals surface area contributed by atoms with Crippen LogP contribution in [-0.4, -0.2) is 30.9 Å². The predicted molar refractivity (Wildman–Crippen MR) is 137 cm³/mol. The Hall–Kier alpha value is -2.82. The molecule has 4 rings (SSSR count). The zero-order valence-corrected chi connectivity index (χ0v) is 21.6. The maximum atomic E-state index is 12.8. The Morgan fingerprint density at radius 2 is 1.91 bits per heavy atom. The molecule has 4 atom stereocenters. The Labute approximate surface area is 209 Å². The number of aryl methyl sites for hydroxylation is 1. The molecule has 1 amide bonds. The van der Waals surface area contributed by atoms with Crippen molar-refractivity contribution in [3.63, 3.8) is 0 Å². The quantitative estimate of drug-likeness (QED) is 0.340. The second-order valence-corrected chi connectivity index (χ2v) is 11.0. The van der Waals surface area contributed by atoms with Gasteiger partial charge in [-0.05, 0) is 86.5 Å². The first-order valence-electron chi connectivity index (χ1n) is 12.8. The van der Waals surface area contributed by atoms with Crippen molar-refractivity contribution in [1.29, 1.82) is 0 Å². The van der Waals surface area contributed by atoms with E-state index in [2.05, 4.69) is 20.4 Å². The van der Waals surface area contributed by atoms with Crippen LogP contribution < -0.4 is 0 Å². The van der Waals surface area contributed by atoms with E-state index in [9.17, 15) is 9.59 Å². The number of methoxy groups -OCH3 is 1. The van der Waals surface area contributed by atoms with Gasteiger partial charge in [-0.1, -0.05) is 43.7 Å². The molecule has 5 nitrogen and oxygen atoms in total. The Balaban J connectivity index is 1.48. The highest BCUT2D eigenvalue weighted by Crippen LogP contribution is 2.62. The van der Waals surface area contributed by atoms with Crippen LogP contribution >= 0.6 is 0 Å². The number of furan rings is 1. The van der Waals surface area contributed by atoms with Gasteiger partial charge >= 0.3 is 5.97 Å². The monoisotopic (exact) mass is 477 g/mol. The molecule has 0 aliphatic heterocycles. The third-order valence-electron chi connectivity index (χ3n) is 8.96. The highest BCUT2D eigenvalue weighted by Gasteiger charge is 2.57. The summed E-state index contributed by atoms with van der Waals surface area (Å²) < 4.78 is 11.1. The number of nitrogens with zero attached hydrogens (tertiary/aromatic N) is 1. The lowest BCUT2D eigenvalue weighted by Gasteiger charge is -2.57. The van der Waals surface area contributed by atoms with Gasteiger partial charge in [0.15, 0.2) is 0 Å². The number of fused-ring (bicyclic) bond motifs is 1. The molecule has 2 aliphatic rings. The Morgan fingerprint density at radius 1 is 1.17 bits per heavy atom. The Morgan fingerprint density at radius 3 is 2.63 bits per heavy atom. The molecule has 5 heteroatoms. The fraction of sp³-hybridized carbons (Fsp3) is 0.533. The molecule has 188 valence electrons. The van der Waals surface area contributed by atoms with Crippen molar-refractivity contribution in [2.45, 2.75) is 65.3 Å². The lowest BCUT2D eigenvalue weighted by Crippen LogP contribution is -2.53. The van der Waals surface area contributed by atoms with Crippen molar-refractivity contribution in [1.82, 2.24) is 4.90 Å². The predicted octanol–water partition coefficient (Wildman–Crippen LogP) is 6.44. The summed E-state index contributed by atoms with van der Waals surface area (Å²) in [5.41, 5.74) is 2.72. The number of esters is 1. The van der Waals surface area contributed by atoms with Crippen molar-refractivity contribution >= 4 is 11.9 Å². The summed E-state index contributed by atoms with van der Waals surface area (Å²) in [6.45, 7) is 9.39. The topological polar surface area (TPSA) is 59.8 Å². The van der Waals surface area contributed by atoms with Crippen LogP contribution in [0.5, 0.6) is 0 Å². The average Bonchev–Trinajstić information content (AvgIpc) is 3.29. The van der Waals surface area contributed by atoms with Gasteiger partial charge in [0.2, 0.25) is 0 Å². The highest BCUT2D eigenvalue weighted by molar-refractivity contribution is 5.93. The molecule has 0 saturated heterocycles. The molecular weight excluding hydrogens is 438 g/mol. The number of hydrogen-bond donors (Lipinski definition) is 0. The standard InChI is InChI=1S/C30H39NO4/c1-21-12-15-26-29(2,17-9-18-30(26,3)28(33)34-5)24(21)14-13-22-16-19-35-25(22)20-31(4)27(32)23-10-7-6-8-11-23/h6-8,10-11,16,19,24,26H,1,9,12-15,17-18,20H2,2-5H3/t24-,26+,29-,30-/m1/s1. The Bertz CT molecular complexity index is 1070. The van der Waals surface area contributed by atoms with E-state index in [4.69, 9.17) is 9.15 Å². The van der Waals surface area contributed by atoms with E-state index in [1.165, 1.54) is 12.7 Å². The summed E-state index contributed by atoms with van der Waals surface area (Å²) >= 11 is 0. The van der Waals surface area contributed by atoms with Gasteiger partial charge in [-0.25, -0.2) is 0 Å². The molecule has 2 saturated carbocycles. The molecule has 0 spiro atoms. The van der Waals surface area contributed by atoms with E-state index in [0.717, 1.165) is 56.3 Å². The molecule has 1 aromatic heterocycles. The third kappa shape index (κ3) is 4.70. The van der Waals surface area contributed by atoms with Crippen LogP contribution in [0, 0.1) is 22.7 Å². The number of carbonyl (C=O) groups is 2. The van der Waals surface area contributed by atoms with Gasteiger partial charge in [-0.2, -0.15) is 0 Å². The zero-order chi connectivity index (χ0) is 25.2. The number of rotatable bonds is 7. The number of hydrogen-bond acceptors (Lipinski definition) is 4. The van der Waals surface area contributed by atoms with Gasteiger partial charge in [0, 0.05) is 12.6 Å². The Kier molecular flexibility index (Phi) is 7.25. The number of benzene rings is 1. The molecule has 0 bridgehead atoms. The number of amides is 1. The van der Waals surface area contributed by atoms with Crippen LogP contribution in [0.2, 0.25) is 0 Å². The number of allylic oxidation sites excluding steroid dienone is 1. The molecule has 2 aromatic rings. The van der Waals surface area contributed by atoms with Crippen molar-refractivity contribution in [2.75, 3.05) is 14.2 Å². The molecule has 0 N–H and O–H groups in total. The molecule has 1 aromatic carbocycles. The summed E-state index contributed by atoms with van der Waals surface area (Å²) in [6.07, 6.45) is 8.55. The SMILES string of the molecule is C=C1CC[C@H]2[C@](C)(CCC[C@@]2(C)C(=O)OC)[C@@H]1CCc1ccoc1CN(C)C(=O)c1ccccc1. The smallest absolute Gasteiger partial charge is 0.311 e. The van der Waals surface area contributed by atoms with Gasteiger partial charge in [-0.15, -0.1) is 0 Å². The van der Waals surface area contributed by atoms with E-state index in [1.54, 1.807) is 11.2 Å². The second kappa shape index (κ2) is 10.0. The van der Waals surface area contributed by atoms with Crippen molar-refractivity contribution in [3.8, 4) is 0 Å². The van der Waals surface area contributed by atoms with E-state index in [0.29, 0.717) is 23.9 Å². The van der Waals surface area contributed by atoms with Crippen molar-refractivity contribution < 1.29 is 18.7 Å². The molecule has 0 unspecified atom stereocenters. The van der Waals surface area contributed by atoms with Gasteiger partial charge in [-0.3, -0.25) is 9.59 Å². The highest BCUT2D eigenvalue weighted by atomic mass is 16.5. The van der Waals surface area contributed by atoms with Gasteiger partial charge in [0.25, 0.3) is 5.91 Å². The molecule has 2 fully saturated rings. The van der Waals surface area contributed by atoms with Crippen LogP contribution in [0.1, 0.15) is 74.1 Å². The first kappa shape index (κ1) is 25.3. The maximum absolute atomic E-state index is 12.8. The van der Waals surface area contributed by atoms with E-state index in [1.807, 2.05) is 43.4 Å². The second-order valence-electron chi connectivity index (χ2n) is 11.0. The van der Waals surface area contributed by atoms with E-state index in [-0.39, 0.29) is 17.3 Å². The molecular formula is C30H39NO4. The normalized spacial score (nSPS) is 28.3.